The fraction of sp³-hybridized carbons (Fsp3) is 0.0769. The SMILES string of the molecule is C=N/C=C(\c1ccccc1C)n1c(=O)[nH]c2cc(-c3cc(OC)ccc3C#N)c(F)cc2c1=O. The van der Waals surface area contributed by atoms with Crippen LogP contribution in [0.3, 0.4) is 0 Å². The molecule has 0 aliphatic rings. The second-order valence-electron chi connectivity index (χ2n) is 7.48. The fourth-order valence-corrected chi connectivity index (χ4v) is 3.83. The number of hydrogen-bond acceptors (Lipinski definition) is 5. The van der Waals surface area contributed by atoms with Crippen LogP contribution in [-0.4, -0.2) is 23.4 Å². The molecule has 0 bridgehead atoms. The lowest BCUT2D eigenvalue weighted by molar-refractivity contribution is 0.415. The quantitative estimate of drug-likeness (QED) is 0.456. The van der Waals surface area contributed by atoms with Gasteiger partial charge < -0.3 is 9.72 Å². The van der Waals surface area contributed by atoms with Crippen LogP contribution in [0.15, 0.2) is 75.4 Å². The van der Waals surface area contributed by atoms with E-state index in [-0.39, 0.29) is 33.3 Å². The molecule has 7 nitrogen and oxygen atoms in total. The Bertz CT molecular complexity index is 1640. The van der Waals surface area contributed by atoms with E-state index in [1.807, 2.05) is 25.1 Å². The van der Waals surface area contributed by atoms with Gasteiger partial charge in [-0.25, -0.2) is 13.8 Å². The highest BCUT2D eigenvalue weighted by Gasteiger charge is 2.19. The second-order valence-corrected chi connectivity index (χ2v) is 7.48. The minimum Gasteiger partial charge on any atom is -0.497 e. The molecule has 0 fully saturated rings. The van der Waals surface area contributed by atoms with Crippen LogP contribution in [0.25, 0.3) is 27.7 Å². The number of fused-ring (bicyclic) bond motifs is 1. The lowest BCUT2D eigenvalue weighted by Crippen LogP contribution is -2.35. The molecular weight excluding hydrogens is 435 g/mol. The number of halogens is 1. The minimum atomic E-state index is -0.726. The monoisotopic (exact) mass is 454 g/mol. The third-order valence-electron chi connectivity index (χ3n) is 5.50. The number of rotatable bonds is 5. The molecule has 1 aromatic heterocycles. The number of aryl methyl sites for hydroxylation is 1. The van der Waals surface area contributed by atoms with E-state index < -0.39 is 17.1 Å². The van der Waals surface area contributed by atoms with Crippen molar-refractivity contribution in [2.75, 3.05) is 7.11 Å². The Kier molecular flexibility index (Phi) is 5.94. The highest BCUT2D eigenvalue weighted by molar-refractivity contribution is 5.86. The summed E-state index contributed by atoms with van der Waals surface area (Å²) in [5.41, 5.74) is 0.877. The van der Waals surface area contributed by atoms with E-state index in [1.54, 1.807) is 18.2 Å². The molecule has 168 valence electrons. The highest BCUT2D eigenvalue weighted by atomic mass is 19.1. The van der Waals surface area contributed by atoms with E-state index in [9.17, 15) is 14.9 Å². The predicted molar refractivity (Wildman–Crippen MR) is 130 cm³/mol. The molecule has 0 amide bonds. The smallest absolute Gasteiger partial charge is 0.333 e. The third kappa shape index (κ3) is 3.80. The number of aromatic nitrogens is 2. The zero-order valence-corrected chi connectivity index (χ0v) is 18.4. The standard InChI is InChI=1S/C26H19FN4O3/c1-15-6-4-5-7-18(15)24(14-29-2)31-25(32)21-11-22(27)20(12-23(21)30-26(31)33)19-10-17(34-3)9-8-16(19)13-28/h4-12,14H,2H2,1,3H3,(H,30,33)/b24-14+. The van der Waals surface area contributed by atoms with Crippen LogP contribution in [0.5, 0.6) is 5.75 Å². The molecule has 1 heterocycles. The number of nitriles is 1. The first-order valence-corrected chi connectivity index (χ1v) is 10.2. The summed E-state index contributed by atoms with van der Waals surface area (Å²) in [6.45, 7) is 5.27. The van der Waals surface area contributed by atoms with Crippen LogP contribution < -0.4 is 16.0 Å². The largest absolute Gasteiger partial charge is 0.497 e. The van der Waals surface area contributed by atoms with Gasteiger partial charge in [0.1, 0.15) is 11.6 Å². The Morgan fingerprint density at radius 1 is 1.18 bits per heavy atom. The molecular formula is C26H19FN4O3. The van der Waals surface area contributed by atoms with Gasteiger partial charge in [-0.15, -0.1) is 0 Å². The van der Waals surface area contributed by atoms with Crippen molar-refractivity contribution in [2.45, 2.75) is 6.92 Å². The van der Waals surface area contributed by atoms with Gasteiger partial charge in [-0.3, -0.25) is 9.79 Å². The summed E-state index contributed by atoms with van der Waals surface area (Å²) in [5, 5.41) is 9.43. The molecule has 0 aliphatic carbocycles. The summed E-state index contributed by atoms with van der Waals surface area (Å²) >= 11 is 0. The van der Waals surface area contributed by atoms with Crippen molar-refractivity contribution in [1.82, 2.24) is 9.55 Å². The van der Waals surface area contributed by atoms with Gasteiger partial charge in [0.05, 0.1) is 41.5 Å². The van der Waals surface area contributed by atoms with Gasteiger partial charge in [-0.2, -0.15) is 5.26 Å². The van der Waals surface area contributed by atoms with Crippen molar-refractivity contribution in [3.05, 3.63) is 104 Å². The maximum atomic E-state index is 15.3. The number of benzene rings is 3. The predicted octanol–water partition coefficient (Wildman–Crippen LogP) is 4.23. The Hall–Kier alpha value is -4.77. The number of nitrogens with one attached hydrogen (secondary N) is 1. The first kappa shape index (κ1) is 22.4. The average molecular weight is 454 g/mol. The molecule has 0 aliphatic heterocycles. The molecule has 4 aromatic rings. The number of aromatic amines is 1. The lowest BCUT2D eigenvalue weighted by atomic mass is 9.98. The number of hydrogen-bond donors (Lipinski definition) is 1. The summed E-state index contributed by atoms with van der Waals surface area (Å²) in [7, 11) is 1.46. The summed E-state index contributed by atoms with van der Waals surface area (Å²) < 4.78 is 21.4. The minimum absolute atomic E-state index is 0.0363. The zero-order chi connectivity index (χ0) is 24.4. The molecule has 0 unspecified atom stereocenters. The maximum Gasteiger partial charge on any atom is 0.333 e. The number of aliphatic imine (C=N–C) groups is 1. The second kappa shape index (κ2) is 9.00. The third-order valence-corrected chi connectivity index (χ3v) is 5.50. The normalized spacial score (nSPS) is 11.3. The van der Waals surface area contributed by atoms with Gasteiger partial charge in [0, 0.05) is 16.7 Å². The van der Waals surface area contributed by atoms with E-state index in [0.717, 1.165) is 16.2 Å². The summed E-state index contributed by atoms with van der Waals surface area (Å²) in [4.78, 5) is 32.8. The van der Waals surface area contributed by atoms with Gasteiger partial charge in [0.15, 0.2) is 0 Å². The number of methoxy groups -OCH3 is 1. The Morgan fingerprint density at radius 2 is 1.94 bits per heavy atom. The van der Waals surface area contributed by atoms with E-state index in [2.05, 4.69) is 16.7 Å². The number of H-pyrrole nitrogens is 1. The van der Waals surface area contributed by atoms with Crippen LogP contribution in [0.2, 0.25) is 0 Å². The van der Waals surface area contributed by atoms with Gasteiger partial charge in [0.2, 0.25) is 0 Å². The van der Waals surface area contributed by atoms with Crippen molar-refractivity contribution in [1.29, 1.82) is 5.26 Å². The zero-order valence-electron chi connectivity index (χ0n) is 18.4. The van der Waals surface area contributed by atoms with Crippen LogP contribution in [0.1, 0.15) is 16.7 Å². The fourth-order valence-electron chi connectivity index (χ4n) is 3.83. The van der Waals surface area contributed by atoms with Crippen LogP contribution in [-0.2, 0) is 0 Å². The van der Waals surface area contributed by atoms with Crippen molar-refractivity contribution in [3.8, 4) is 22.9 Å². The molecule has 0 spiro atoms. The summed E-state index contributed by atoms with van der Waals surface area (Å²) in [6.07, 6.45) is 1.31. The Balaban J connectivity index is 2.00. The highest BCUT2D eigenvalue weighted by Crippen LogP contribution is 2.31. The molecule has 0 saturated carbocycles. The topological polar surface area (TPSA) is 100 Å². The number of ether oxygens (including phenoxy) is 1. The number of nitrogens with zero attached hydrogens (tertiary/aromatic N) is 3. The van der Waals surface area contributed by atoms with Crippen molar-refractivity contribution in [2.24, 2.45) is 4.99 Å². The molecule has 34 heavy (non-hydrogen) atoms. The van der Waals surface area contributed by atoms with Gasteiger partial charge >= 0.3 is 5.69 Å². The molecule has 3 aromatic carbocycles. The molecule has 0 saturated heterocycles. The molecule has 1 N–H and O–H groups in total. The molecule has 0 radical (unpaired) electrons. The summed E-state index contributed by atoms with van der Waals surface area (Å²) in [6, 6.07) is 16.2. The average Bonchev–Trinajstić information content (AvgIpc) is 2.83. The Morgan fingerprint density at radius 3 is 2.62 bits per heavy atom. The molecule has 8 heteroatoms. The summed E-state index contributed by atoms with van der Waals surface area (Å²) in [5.74, 6) is -0.293. The van der Waals surface area contributed by atoms with E-state index >= 15 is 4.39 Å². The van der Waals surface area contributed by atoms with Gasteiger partial charge in [0.25, 0.3) is 5.56 Å². The van der Waals surface area contributed by atoms with Crippen LogP contribution in [0, 0.1) is 24.1 Å². The first-order valence-electron chi connectivity index (χ1n) is 10.2. The van der Waals surface area contributed by atoms with Crippen molar-refractivity contribution >= 4 is 23.3 Å². The lowest BCUT2D eigenvalue weighted by Gasteiger charge is -2.14. The van der Waals surface area contributed by atoms with E-state index in [4.69, 9.17) is 4.74 Å². The van der Waals surface area contributed by atoms with Crippen molar-refractivity contribution < 1.29 is 9.13 Å². The molecule has 4 rings (SSSR count). The van der Waals surface area contributed by atoms with Crippen LogP contribution >= 0.6 is 0 Å². The van der Waals surface area contributed by atoms with E-state index in [0.29, 0.717) is 11.3 Å². The van der Waals surface area contributed by atoms with Gasteiger partial charge in [-0.1, -0.05) is 24.3 Å². The Labute approximate surface area is 193 Å². The van der Waals surface area contributed by atoms with Gasteiger partial charge in [-0.05, 0) is 49.5 Å². The maximum absolute atomic E-state index is 15.3. The first-order chi connectivity index (χ1) is 16.4. The van der Waals surface area contributed by atoms with E-state index in [1.165, 1.54) is 31.5 Å². The van der Waals surface area contributed by atoms with Crippen molar-refractivity contribution in [3.63, 3.8) is 0 Å². The van der Waals surface area contributed by atoms with Crippen LogP contribution in [0.4, 0.5) is 4.39 Å². The molecule has 0 atom stereocenters.